The Balaban J connectivity index is 2.12. The minimum absolute atomic E-state index is 0.00750. The van der Waals surface area contributed by atoms with Crippen LogP contribution in [-0.2, 0) is 37.2 Å². The molecule has 3 aromatic carbocycles. The largest absolute Gasteiger partial charge is 0.508 e. The summed E-state index contributed by atoms with van der Waals surface area (Å²) >= 11 is 0. The van der Waals surface area contributed by atoms with E-state index in [1.54, 1.807) is 54.6 Å². The molecule has 47 heavy (non-hydrogen) atoms. The van der Waals surface area contributed by atoms with Crippen molar-refractivity contribution in [2.45, 2.75) is 70.5 Å². The van der Waals surface area contributed by atoms with Crippen LogP contribution in [-0.4, -0.2) is 48.3 Å². The quantitative estimate of drug-likeness (QED) is 0.194. The molecule has 11 heteroatoms. The zero-order valence-electron chi connectivity index (χ0n) is 27.3. The molecule has 0 aliphatic carbocycles. The fourth-order valence-corrected chi connectivity index (χ4v) is 6.27. The summed E-state index contributed by atoms with van der Waals surface area (Å²) < 4.78 is 32.4. The average Bonchev–Trinajstić information content (AvgIpc) is 3.04. The number of rotatable bonds is 15. The van der Waals surface area contributed by atoms with Crippen molar-refractivity contribution in [2.75, 3.05) is 0 Å². The van der Waals surface area contributed by atoms with E-state index in [0.717, 1.165) is 11.0 Å². The molecule has 0 spiro atoms. The van der Waals surface area contributed by atoms with E-state index < -0.39 is 50.7 Å². The molecule has 0 heterocycles. The molecule has 0 fully saturated rings. The number of Topliss-reactive ketones (excluding diaryl/α,β-unsaturated/α-hetero) is 1. The molecule has 0 aliphatic rings. The lowest BCUT2D eigenvalue weighted by atomic mass is 9.86. The van der Waals surface area contributed by atoms with Crippen LogP contribution in [0.4, 0.5) is 4.79 Å². The lowest BCUT2D eigenvalue weighted by molar-refractivity contribution is -0.140. The van der Waals surface area contributed by atoms with E-state index in [4.69, 9.17) is 16.2 Å². The molecule has 0 saturated heterocycles. The van der Waals surface area contributed by atoms with Crippen LogP contribution in [0.3, 0.4) is 0 Å². The lowest BCUT2D eigenvalue weighted by Crippen LogP contribution is -2.56. The number of phenols is 1. The van der Waals surface area contributed by atoms with Crippen molar-refractivity contribution in [1.29, 1.82) is 0 Å². The summed E-state index contributed by atoms with van der Waals surface area (Å²) in [4.78, 5) is 43.1. The Labute approximate surface area is 277 Å². The van der Waals surface area contributed by atoms with E-state index in [9.17, 15) is 27.9 Å². The molecule has 5 N–H and O–H groups in total. The standard InChI is InChI=1S/C36H45N3O7S/c1-24(2)19-31(37)35(42)39(36(43)46-23-27-11-7-5-8-12-27)32(20-25(3)4)34(41)28(21-26-15-17-29(40)18-16-26)22-33(38)47(44,45)30-13-9-6-10-14-30/h5-18,22,24-25,28,31-32,40H,19-21,23,37-38H2,1-4H3/b33-22+/t28-,31-,32-/m0/s1. The van der Waals surface area contributed by atoms with Gasteiger partial charge in [0.05, 0.1) is 10.9 Å². The summed E-state index contributed by atoms with van der Waals surface area (Å²) in [6.07, 6.45) is 0.414. The van der Waals surface area contributed by atoms with Gasteiger partial charge in [0, 0.05) is 5.92 Å². The average molecular weight is 664 g/mol. The van der Waals surface area contributed by atoms with Crippen molar-refractivity contribution in [1.82, 2.24) is 4.90 Å². The zero-order valence-corrected chi connectivity index (χ0v) is 28.1. The molecule has 10 nitrogen and oxygen atoms in total. The lowest BCUT2D eigenvalue weighted by Gasteiger charge is -2.33. The predicted molar refractivity (Wildman–Crippen MR) is 180 cm³/mol. The number of ketones is 1. The summed E-state index contributed by atoms with van der Waals surface area (Å²) in [6, 6.07) is 20.1. The van der Waals surface area contributed by atoms with Gasteiger partial charge in [0.15, 0.2) is 5.78 Å². The highest BCUT2D eigenvalue weighted by atomic mass is 32.2. The van der Waals surface area contributed by atoms with Gasteiger partial charge in [0.1, 0.15) is 23.4 Å². The molecule has 0 saturated carbocycles. The Hall–Kier alpha value is -4.48. The zero-order chi connectivity index (χ0) is 34.7. The number of nitrogens with two attached hydrogens (primary N) is 2. The van der Waals surface area contributed by atoms with Gasteiger partial charge in [-0.05, 0) is 72.6 Å². The van der Waals surface area contributed by atoms with Crippen LogP contribution in [0.25, 0.3) is 0 Å². The summed E-state index contributed by atoms with van der Waals surface area (Å²) in [5, 5.41) is 9.27. The van der Waals surface area contributed by atoms with Gasteiger partial charge in [-0.1, -0.05) is 88.4 Å². The SMILES string of the molecule is CC(C)C[C@H](N)C(=O)N(C(=O)OCc1ccccc1)[C@@H](CC(C)C)C(=O)[C@H](/C=C(\N)S(=O)(=O)c1ccccc1)Cc1ccc(O)cc1. The predicted octanol–water partition coefficient (Wildman–Crippen LogP) is 5.35. The number of hydrogen-bond donors (Lipinski definition) is 3. The van der Waals surface area contributed by atoms with Gasteiger partial charge in [-0.25, -0.2) is 18.1 Å². The summed E-state index contributed by atoms with van der Waals surface area (Å²) in [6.45, 7) is 7.30. The van der Waals surface area contributed by atoms with Crippen LogP contribution >= 0.6 is 0 Å². The van der Waals surface area contributed by atoms with Crippen molar-refractivity contribution in [3.05, 3.63) is 107 Å². The van der Waals surface area contributed by atoms with Crippen molar-refractivity contribution < 1.29 is 32.6 Å². The third kappa shape index (κ3) is 10.5. The van der Waals surface area contributed by atoms with Gasteiger partial charge >= 0.3 is 6.09 Å². The summed E-state index contributed by atoms with van der Waals surface area (Å²) in [5.41, 5.74) is 13.8. The number of imide groups is 1. The molecule has 3 aromatic rings. The van der Waals surface area contributed by atoms with Gasteiger partial charge < -0.3 is 21.3 Å². The fourth-order valence-electron chi connectivity index (χ4n) is 5.14. The highest BCUT2D eigenvalue weighted by Gasteiger charge is 2.41. The van der Waals surface area contributed by atoms with Crippen LogP contribution in [0.5, 0.6) is 5.75 Å². The number of allylic oxidation sites excluding steroid dienone is 1. The number of aromatic hydroxyl groups is 1. The van der Waals surface area contributed by atoms with Gasteiger partial charge in [0.2, 0.25) is 15.7 Å². The Morgan fingerprint density at radius 1 is 0.830 bits per heavy atom. The second-order valence-electron chi connectivity index (χ2n) is 12.4. The first-order valence-electron chi connectivity index (χ1n) is 15.6. The van der Waals surface area contributed by atoms with E-state index in [1.807, 2.05) is 33.8 Å². The molecule has 0 aromatic heterocycles. The summed E-state index contributed by atoms with van der Waals surface area (Å²) in [5.74, 6) is -2.73. The molecule has 0 radical (unpaired) electrons. The highest BCUT2D eigenvalue weighted by molar-refractivity contribution is 7.95. The molecule has 0 aliphatic heterocycles. The second-order valence-corrected chi connectivity index (χ2v) is 14.3. The number of hydrogen-bond acceptors (Lipinski definition) is 9. The van der Waals surface area contributed by atoms with Crippen LogP contribution in [0.15, 0.2) is 101 Å². The maximum Gasteiger partial charge on any atom is 0.417 e. The molecule has 3 rings (SSSR count). The number of phenolic OH excluding ortho intramolecular Hbond substituents is 1. The van der Waals surface area contributed by atoms with Crippen LogP contribution in [0.2, 0.25) is 0 Å². The van der Waals surface area contributed by atoms with E-state index in [-0.39, 0.29) is 48.4 Å². The van der Waals surface area contributed by atoms with Crippen molar-refractivity contribution in [2.24, 2.45) is 29.2 Å². The van der Waals surface area contributed by atoms with Gasteiger partial charge in [-0.2, -0.15) is 0 Å². The molecule has 3 atom stereocenters. The van der Waals surface area contributed by atoms with Crippen molar-refractivity contribution in [3.63, 3.8) is 0 Å². The third-order valence-electron chi connectivity index (χ3n) is 7.50. The van der Waals surface area contributed by atoms with Gasteiger partial charge in [-0.3, -0.25) is 9.59 Å². The Morgan fingerprint density at radius 2 is 1.38 bits per heavy atom. The first kappa shape index (κ1) is 37.0. The number of amides is 2. The molecule has 252 valence electrons. The minimum Gasteiger partial charge on any atom is -0.508 e. The fraction of sp³-hybridized carbons (Fsp3) is 0.361. The van der Waals surface area contributed by atoms with E-state index in [2.05, 4.69) is 0 Å². The smallest absolute Gasteiger partial charge is 0.417 e. The molecule has 0 bridgehead atoms. The Bertz CT molecular complexity index is 1620. The monoisotopic (exact) mass is 663 g/mol. The van der Waals surface area contributed by atoms with Crippen molar-refractivity contribution in [3.8, 4) is 5.75 Å². The van der Waals surface area contributed by atoms with Crippen LogP contribution in [0, 0.1) is 17.8 Å². The van der Waals surface area contributed by atoms with E-state index >= 15 is 0 Å². The molecule has 0 unspecified atom stereocenters. The first-order chi connectivity index (χ1) is 22.2. The summed E-state index contributed by atoms with van der Waals surface area (Å²) in [7, 11) is -4.18. The number of benzene rings is 3. The van der Waals surface area contributed by atoms with Crippen LogP contribution in [0.1, 0.15) is 51.7 Å². The third-order valence-corrected chi connectivity index (χ3v) is 9.15. The Kier molecular flexibility index (Phi) is 13.3. The Morgan fingerprint density at radius 3 is 1.94 bits per heavy atom. The molecular weight excluding hydrogens is 618 g/mol. The van der Waals surface area contributed by atoms with E-state index in [0.29, 0.717) is 11.1 Å². The maximum absolute atomic E-state index is 14.6. The molecular formula is C36H45N3O7S. The number of ether oxygens (including phenoxy) is 1. The number of sulfone groups is 1. The number of carbonyl (C=O) groups excluding carboxylic acids is 3. The number of nitrogens with zero attached hydrogens (tertiary/aromatic N) is 1. The normalized spacial score (nSPS) is 14.0. The minimum atomic E-state index is -4.18. The van der Waals surface area contributed by atoms with Crippen molar-refractivity contribution >= 4 is 27.6 Å². The van der Waals surface area contributed by atoms with Gasteiger partial charge in [-0.15, -0.1) is 0 Å². The second kappa shape index (κ2) is 16.9. The van der Waals surface area contributed by atoms with Gasteiger partial charge in [0.25, 0.3) is 0 Å². The maximum atomic E-state index is 14.6. The molecule has 2 amide bonds. The topological polar surface area (TPSA) is 170 Å². The van der Waals surface area contributed by atoms with E-state index in [1.165, 1.54) is 24.3 Å². The number of carbonyl (C=O) groups is 3. The first-order valence-corrected chi connectivity index (χ1v) is 17.1. The highest BCUT2D eigenvalue weighted by Crippen LogP contribution is 2.26. The van der Waals surface area contributed by atoms with Crippen LogP contribution < -0.4 is 11.5 Å².